The third kappa shape index (κ3) is 2.17. The maximum atomic E-state index is 11.7. The van der Waals surface area contributed by atoms with Crippen LogP contribution in [-0.2, 0) is 14.8 Å². The number of primary sulfonamides is 1. The average molecular weight is 258 g/mol. The van der Waals surface area contributed by atoms with E-state index in [4.69, 9.17) is 15.3 Å². The van der Waals surface area contributed by atoms with Crippen LogP contribution in [0.3, 0.4) is 0 Å². The van der Waals surface area contributed by atoms with Gasteiger partial charge in [0.15, 0.2) is 0 Å². The van der Waals surface area contributed by atoms with E-state index in [1.807, 2.05) is 0 Å². The molecule has 4 saturated carbocycles. The minimum atomic E-state index is -3.32. The van der Waals surface area contributed by atoms with Crippen molar-refractivity contribution in [3.63, 3.8) is 0 Å². The van der Waals surface area contributed by atoms with Crippen LogP contribution in [0.4, 0.5) is 0 Å². The smallest absolute Gasteiger partial charge is 0.228 e. The van der Waals surface area contributed by atoms with E-state index in [-0.39, 0.29) is 0 Å². The van der Waals surface area contributed by atoms with Gasteiger partial charge in [0.1, 0.15) is 0 Å². The molecule has 0 aromatic heterocycles. The molecule has 0 radical (unpaired) electrons. The van der Waals surface area contributed by atoms with Gasteiger partial charge in [-0.2, -0.15) is 0 Å². The van der Waals surface area contributed by atoms with Crippen LogP contribution in [0.25, 0.3) is 0 Å². The van der Waals surface area contributed by atoms with E-state index in [9.17, 15) is 8.42 Å². The molecule has 0 aliphatic heterocycles. The summed E-state index contributed by atoms with van der Waals surface area (Å²) in [6, 6.07) is 0. The highest BCUT2D eigenvalue weighted by Crippen LogP contribution is 2.57. The predicted molar refractivity (Wildman–Crippen MR) is 62.4 cm³/mol. The molecule has 4 fully saturated rings. The summed E-state index contributed by atoms with van der Waals surface area (Å²) in [4.78, 5) is 8.35. The monoisotopic (exact) mass is 258 g/mol. The van der Waals surface area contributed by atoms with Crippen molar-refractivity contribution in [2.45, 2.75) is 43.3 Å². The molecule has 3 N–H and O–H groups in total. The lowest BCUT2D eigenvalue weighted by Gasteiger charge is -2.55. The number of hydrogen-bond acceptors (Lipinski definition) is 4. The van der Waals surface area contributed by atoms with Crippen LogP contribution >= 0.6 is 0 Å². The van der Waals surface area contributed by atoms with Gasteiger partial charge in [0.2, 0.25) is 16.1 Å². The van der Waals surface area contributed by atoms with Gasteiger partial charge in [-0.25, -0.2) is 23.8 Å². The highest BCUT2D eigenvalue weighted by Gasteiger charge is 2.56. The Morgan fingerprint density at radius 2 is 1.35 bits per heavy atom. The molecule has 6 heteroatoms. The zero-order valence-corrected chi connectivity index (χ0v) is 10.5. The molecular weight excluding hydrogens is 240 g/mol. The molecule has 0 atom stereocenters. The summed E-state index contributed by atoms with van der Waals surface area (Å²) in [7, 11) is -3.32. The van der Waals surface area contributed by atoms with Crippen molar-refractivity contribution in [3.8, 4) is 0 Å². The molecule has 0 aromatic carbocycles. The molecule has 4 rings (SSSR count). The van der Waals surface area contributed by atoms with E-state index < -0.39 is 14.8 Å². The molecular formula is C11H18N2O3S. The van der Waals surface area contributed by atoms with E-state index in [0.29, 0.717) is 17.8 Å². The van der Waals surface area contributed by atoms with Crippen LogP contribution in [0.2, 0.25) is 0 Å². The zero-order chi connectivity index (χ0) is 12.7. The van der Waals surface area contributed by atoms with Gasteiger partial charge in [-0.15, -0.1) is 0 Å². The number of sulfonamides is 1. The molecule has 0 amide bonds. The molecule has 96 valence electrons. The van der Waals surface area contributed by atoms with Crippen LogP contribution in [0.5, 0.6) is 0 Å². The minimum Gasteiger partial charge on any atom is -0.228 e. The molecule has 4 aliphatic carbocycles. The molecule has 4 aliphatic rings. The average Bonchev–Trinajstić information content (AvgIpc) is 2.14. The fourth-order valence-corrected chi connectivity index (χ4v) is 5.78. The second-order valence-electron chi connectivity index (χ2n) is 5.75. The summed E-state index contributed by atoms with van der Waals surface area (Å²) in [5.74, 6) is 1.96. The van der Waals surface area contributed by atoms with E-state index in [2.05, 4.69) is 0 Å². The lowest BCUT2D eigenvalue weighted by molar-refractivity contribution is 0.0339. The Morgan fingerprint density at radius 3 is 1.59 bits per heavy atom. The van der Waals surface area contributed by atoms with Gasteiger partial charge >= 0.3 is 0 Å². The number of rotatable bonds is 1. The second-order valence-corrected chi connectivity index (χ2v) is 7.70. The first-order valence-corrected chi connectivity index (χ1v) is 7.51. The largest absolute Gasteiger partial charge is 0.231 e. The first-order valence-electron chi connectivity index (χ1n) is 5.96. The lowest BCUT2D eigenvalue weighted by Crippen LogP contribution is -2.56. The molecule has 0 heterocycles. The summed E-state index contributed by atoms with van der Waals surface area (Å²) in [6.45, 7) is 0. The molecule has 0 saturated heterocycles. The maximum Gasteiger partial charge on any atom is 0.231 e. The fourth-order valence-electron chi connectivity index (χ4n) is 4.38. The first kappa shape index (κ1) is 12.7. The molecule has 0 spiro atoms. The molecule has 17 heavy (non-hydrogen) atoms. The number of nitrogens with two attached hydrogens (primary N) is 1. The Balaban J connectivity index is 0.000000329. The number of carbonyl (C=O) groups excluding carboxylic acids is 1. The normalized spacial score (nSPS) is 42.5. The standard InChI is InChI=1S/C10H17NO2S.CHNO/c11-14(12,13)10-4-7-1-8(5-10)3-9(2-7)6-10;2-1-3/h7-9H,1-6H2,(H2,11,12,13);2H. The Kier molecular flexibility index (Phi) is 3.14. The van der Waals surface area contributed by atoms with Gasteiger partial charge in [-0.3, -0.25) is 0 Å². The third-order valence-corrected chi connectivity index (χ3v) is 6.29. The van der Waals surface area contributed by atoms with Gasteiger partial charge in [-0.05, 0) is 56.3 Å². The van der Waals surface area contributed by atoms with Gasteiger partial charge in [0.05, 0.1) is 4.75 Å². The number of isocyanates is 1. The molecule has 4 bridgehead atoms. The van der Waals surface area contributed by atoms with E-state index >= 15 is 0 Å². The SMILES string of the molecule is N=C=O.NS(=O)(=O)C12CC3CC(CC(C3)C1)C2. The van der Waals surface area contributed by atoms with Gasteiger partial charge in [0.25, 0.3) is 0 Å². The van der Waals surface area contributed by atoms with Gasteiger partial charge in [-0.1, -0.05) is 0 Å². The quantitative estimate of drug-likeness (QED) is 0.544. The third-order valence-electron chi connectivity index (χ3n) is 4.59. The van der Waals surface area contributed by atoms with Crippen molar-refractivity contribution >= 4 is 16.1 Å². The van der Waals surface area contributed by atoms with Crippen molar-refractivity contribution in [3.05, 3.63) is 0 Å². The highest BCUT2D eigenvalue weighted by atomic mass is 32.2. The Labute approximate surface area is 101 Å². The van der Waals surface area contributed by atoms with Crippen LogP contribution in [0, 0.1) is 23.2 Å². The van der Waals surface area contributed by atoms with Crippen molar-refractivity contribution in [2.75, 3.05) is 0 Å². The Morgan fingerprint density at radius 1 is 1.06 bits per heavy atom. The number of nitrogens with one attached hydrogen (secondary N) is 1. The molecule has 0 unspecified atom stereocenters. The van der Waals surface area contributed by atoms with Crippen LogP contribution in [0.1, 0.15) is 38.5 Å². The summed E-state index contributed by atoms with van der Waals surface area (Å²) < 4.78 is 22.8. The molecule has 0 aromatic rings. The Bertz CT molecular complexity index is 402. The van der Waals surface area contributed by atoms with E-state index in [1.54, 1.807) is 0 Å². The van der Waals surface area contributed by atoms with E-state index in [0.717, 1.165) is 25.3 Å². The summed E-state index contributed by atoms with van der Waals surface area (Å²) in [6.07, 6.45) is 7.06. The predicted octanol–water partition coefficient (Wildman–Crippen LogP) is 1.14. The maximum absolute atomic E-state index is 11.7. The van der Waals surface area contributed by atoms with Crippen LogP contribution in [0.15, 0.2) is 0 Å². The van der Waals surface area contributed by atoms with Gasteiger partial charge < -0.3 is 0 Å². The van der Waals surface area contributed by atoms with Gasteiger partial charge in [0, 0.05) is 0 Å². The van der Waals surface area contributed by atoms with Crippen LogP contribution in [-0.4, -0.2) is 19.2 Å². The zero-order valence-electron chi connectivity index (χ0n) is 9.69. The minimum absolute atomic E-state index is 0.512. The molecule has 5 nitrogen and oxygen atoms in total. The second kappa shape index (κ2) is 4.19. The first-order chi connectivity index (χ1) is 7.90. The van der Waals surface area contributed by atoms with E-state index in [1.165, 1.54) is 19.3 Å². The summed E-state index contributed by atoms with van der Waals surface area (Å²) >= 11 is 0. The number of hydrogen-bond donors (Lipinski definition) is 2. The van der Waals surface area contributed by atoms with Crippen molar-refractivity contribution < 1.29 is 13.2 Å². The fraction of sp³-hybridized carbons (Fsp3) is 0.909. The van der Waals surface area contributed by atoms with Crippen molar-refractivity contribution in [2.24, 2.45) is 22.9 Å². The summed E-state index contributed by atoms with van der Waals surface area (Å²) in [5, 5.41) is 10.8. The summed E-state index contributed by atoms with van der Waals surface area (Å²) in [5.41, 5.74) is 0. The van der Waals surface area contributed by atoms with Crippen LogP contribution < -0.4 is 5.14 Å². The van der Waals surface area contributed by atoms with Crippen molar-refractivity contribution in [1.82, 2.24) is 0 Å². The topological polar surface area (TPSA) is 101 Å². The highest BCUT2D eigenvalue weighted by molar-refractivity contribution is 7.90. The van der Waals surface area contributed by atoms with Crippen molar-refractivity contribution in [1.29, 1.82) is 5.41 Å². The lowest BCUT2D eigenvalue weighted by atomic mass is 9.56. The Hall–Kier alpha value is -0.710.